The van der Waals surface area contributed by atoms with Gasteiger partial charge in [0.25, 0.3) is 0 Å². The van der Waals surface area contributed by atoms with Crippen LogP contribution in [0.4, 0.5) is 13.2 Å². The summed E-state index contributed by atoms with van der Waals surface area (Å²) >= 11 is 0. The van der Waals surface area contributed by atoms with E-state index >= 15 is 0 Å². The molecule has 3 rings (SSSR count). The van der Waals surface area contributed by atoms with E-state index in [1.807, 2.05) is 0 Å². The molecule has 0 spiro atoms. The summed E-state index contributed by atoms with van der Waals surface area (Å²) in [5.41, 5.74) is -1.08. The monoisotopic (exact) mass is 664 g/mol. The van der Waals surface area contributed by atoms with E-state index in [0.717, 1.165) is 0 Å². The van der Waals surface area contributed by atoms with Gasteiger partial charge < -0.3 is 0 Å². The molecule has 0 aromatic heterocycles. The normalized spacial score (nSPS) is 11.8. The number of rotatable bonds is 18. The molecule has 0 aliphatic heterocycles. The first-order chi connectivity index (χ1) is 21.5. The second kappa shape index (κ2) is 20.8. The van der Waals surface area contributed by atoms with E-state index < -0.39 is 23.5 Å². The highest BCUT2D eigenvalue weighted by atomic mass is 32.2. The van der Waals surface area contributed by atoms with Crippen LogP contribution in [-0.2, 0) is 29.4 Å². The number of aryl methyl sites for hydroxylation is 3. The van der Waals surface area contributed by atoms with Gasteiger partial charge in [0.05, 0.1) is 0 Å². The highest BCUT2D eigenvalue weighted by molar-refractivity contribution is 7.86. The summed E-state index contributed by atoms with van der Waals surface area (Å²) in [4.78, 5) is 0. The van der Waals surface area contributed by atoms with Crippen molar-refractivity contribution in [2.45, 2.75) is 123 Å². The first-order valence-electron chi connectivity index (χ1n) is 16.6. The van der Waals surface area contributed by atoms with Gasteiger partial charge in [-0.25, -0.2) is 0 Å². The molecule has 250 valence electrons. The molecule has 0 aliphatic carbocycles. The van der Waals surface area contributed by atoms with Crippen molar-refractivity contribution in [1.29, 1.82) is 0 Å². The highest BCUT2D eigenvalue weighted by Crippen LogP contribution is 2.33. The smallest absolute Gasteiger partial charge is 0.279 e. The number of alkyl halides is 3. The zero-order valence-corrected chi connectivity index (χ0v) is 29.0. The minimum absolute atomic E-state index is 0.539. The summed E-state index contributed by atoms with van der Waals surface area (Å²) in [6.07, 6.45) is 19.6. The quantitative estimate of drug-likeness (QED) is 0.0637. The van der Waals surface area contributed by atoms with Crippen molar-refractivity contribution < 1.29 is 26.1 Å². The molecule has 3 aromatic rings. The minimum atomic E-state index is -5.84. The molecule has 0 radical (unpaired) electrons. The van der Waals surface area contributed by atoms with Crippen LogP contribution in [0.15, 0.2) is 72.8 Å². The van der Waals surface area contributed by atoms with Crippen LogP contribution in [0.3, 0.4) is 0 Å². The second-order valence-corrected chi connectivity index (χ2v) is 15.3. The Hall–Kier alpha value is -2.21. The topological polar surface area (TPSA) is 54.4 Å². The minimum Gasteiger partial charge on any atom is -0.279 e. The van der Waals surface area contributed by atoms with Crippen molar-refractivity contribution in [3.8, 4) is 0 Å². The van der Waals surface area contributed by atoms with Gasteiger partial charge >= 0.3 is 15.6 Å². The third kappa shape index (κ3) is 14.8. The average molecular weight is 665 g/mol. The predicted octanol–water partition coefficient (Wildman–Crippen LogP) is 10.2. The zero-order chi connectivity index (χ0) is 33.1. The van der Waals surface area contributed by atoms with Gasteiger partial charge in [-0.05, 0) is 79.1 Å². The summed E-state index contributed by atoms with van der Waals surface area (Å²) in [7, 11) is -6.38. The molecular formula is C37H52F3O3PS. The summed E-state index contributed by atoms with van der Waals surface area (Å²) < 4.78 is 57.5. The summed E-state index contributed by atoms with van der Waals surface area (Å²) in [6.45, 7) is 6.86. The summed E-state index contributed by atoms with van der Waals surface area (Å²) in [5.74, 6) is 0. The van der Waals surface area contributed by atoms with Crippen LogP contribution in [0, 0.1) is 0 Å². The van der Waals surface area contributed by atoms with Gasteiger partial charge in [0, 0.05) is 0 Å². The highest BCUT2D eigenvalue weighted by Gasteiger charge is 2.44. The van der Waals surface area contributed by atoms with E-state index in [4.69, 9.17) is 13.0 Å². The lowest BCUT2D eigenvalue weighted by molar-refractivity contribution is -0.0510. The predicted molar refractivity (Wildman–Crippen MR) is 186 cm³/mol. The van der Waals surface area contributed by atoms with E-state index in [0.29, 0.717) is 0 Å². The Labute approximate surface area is 271 Å². The lowest BCUT2D eigenvalue weighted by atomic mass is 10.1. The Morgan fingerprint density at radius 2 is 0.756 bits per heavy atom. The van der Waals surface area contributed by atoms with Crippen LogP contribution in [-0.4, -0.2) is 18.5 Å². The average Bonchev–Trinajstić information content (AvgIpc) is 3.01. The maximum atomic E-state index is 10.7. The Kier molecular flexibility index (Phi) is 18.0. The van der Waals surface area contributed by atoms with Gasteiger partial charge in [-0.3, -0.25) is 4.55 Å². The van der Waals surface area contributed by atoms with Gasteiger partial charge in [-0.1, -0.05) is 151 Å². The first kappa shape index (κ1) is 39.0. The Morgan fingerprint density at radius 3 is 0.956 bits per heavy atom. The van der Waals surface area contributed by atoms with E-state index in [9.17, 15) is 13.2 Å². The van der Waals surface area contributed by atoms with E-state index in [1.165, 1.54) is 129 Å². The molecule has 8 heteroatoms. The van der Waals surface area contributed by atoms with Crippen LogP contribution >= 0.6 is 7.92 Å². The third-order valence-electron chi connectivity index (χ3n) is 7.83. The van der Waals surface area contributed by atoms with Gasteiger partial charge in [0.1, 0.15) is 0 Å². The maximum Gasteiger partial charge on any atom is 0.522 e. The molecule has 1 N–H and O–H groups in total. The molecule has 3 nitrogen and oxygen atoms in total. The number of hydrogen-bond acceptors (Lipinski definition) is 2. The molecule has 0 atom stereocenters. The molecule has 0 saturated heterocycles. The second-order valence-electron chi connectivity index (χ2n) is 11.7. The molecule has 0 fully saturated rings. The molecule has 0 bridgehead atoms. The fourth-order valence-corrected chi connectivity index (χ4v) is 7.39. The molecular weight excluding hydrogens is 612 g/mol. The van der Waals surface area contributed by atoms with Gasteiger partial charge in [-0.2, -0.15) is 21.6 Å². The van der Waals surface area contributed by atoms with Crippen molar-refractivity contribution in [2.75, 3.05) is 0 Å². The molecule has 3 aromatic carbocycles. The number of halogens is 3. The fourth-order valence-electron chi connectivity index (χ4n) is 5.15. The largest absolute Gasteiger partial charge is 0.522 e. The lowest BCUT2D eigenvalue weighted by Gasteiger charge is -2.20. The number of benzene rings is 3. The molecule has 0 aliphatic rings. The first-order valence-corrected chi connectivity index (χ1v) is 19.4. The molecule has 0 saturated carbocycles. The van der Waals surface area contributed by atoms with Gasteiger partial charge in [-0.15, -0.1) is 0 Å². The van der Waals surface area contributed by atoms with Crippen LogP contribution in [0.2, 0.25) is 0 Å². The van der Waals surface area contributed by atoms with E-state index in [2.05, 4.69) is 93.6 Å². The van der Waals surface area contributed by atoms with Crippen LogP contribution in [0.1, 0.15) is 115 Å². The Balaban J connectivity index is 0.000000777. The standard InChI is InChI=1S/C36H51P.CHF3O3S/c1-4-7-10-13-16-31-19-25-34(26-20-31)37(35-27-21-32(22-28-35)17-14-11-8-5-2)36-29-23-33(24-30-36)18-15-12-9-6-3;2-1(3,4)8(5,6)7/h19-30H,4-18H2,1-3H3;(H,5,6,7). The van der Waals surface area contributed by atoms with Crippen molar-refractivity contribution in [3.63, 3.8) is 0 Å². The SMILES string of the molecule is CCCCCCc1ccc(P(c2ccc(CCCCCC)cc2)c2ccc(CCCCCC)cc2)cc1.O=S(=O)(O)C(F)(F)F. The Morgan fingerprint density at radius 1 is 0.511 bits per heavy atom. The van der Waals surface area contributed by atoms with E-state index in [-0.39, 0.29) is 0 Å². The lowest BCUT2D eigenvalue weighted by Crippen LogP contribution is -2.21. The van der Waals surface area contributed by atoms with Crippen LogP contribution < -0.4 is 15.9 Å². The number of hydrogen-bond donors (Lipinski definition) is 1. The molecule has 45 heavy (non-hydrogen) atoms. The maximum absolute atomic E-state index is 10.7. The van der Waals surface area contributed by atoms with Crippen molar-refractivity contribution >= 4 is 34.0 Å². The molecule has 0 heterocycles. The molecule has 0 unspecified atom stereocenters. The van der Waals surface area contributed by atoms with Crippen molar-refractivity contribution in [1.82, 2.24) is 0 Å². The summed E-state index contributed by atoms with van der Waals surface area (Å²) in [5, 5.41) is 4.41. The molecule has 0 amide bonds. The van der Waals surface area contributed by atoms with Crippen LogP contribution in [0.25, 0.3) is 0 Å². The fraction of sp³-hybridized carbons (Fsp3) is 0.514. The van der Waals surface area contributed by atoms with Gasteiger partial charge in [0.2, 0.25) is 0 Å². The zero-order valence-electron chi connectivity index (χ0n) is 27.3. The Bertz CT molecular complexity index is 1180. The third-order valence-corrected chi connectivity index (χ3v) is 10.9. The van der Waals surface area contributed by atoms with Crippen molar-refractivity contribution in [2.24, 2.45) is 0 Å². The summed E-state index contributed by atoms with van der Waals surface area (Å²) in [6, 6.07) is 28.8. The van der Waals surface area contributed by atoms with E-state index in [1.54, 1.807) is 0 Å². The van der Waals surface area contributed by atoms with Crippen molar-refractivity contribution in [3.05, 3.63) is 89.5 Å². The van der Waals surface area contributed by atoms with Gasteiger partial charge in [0.15, 0.2) is 0 Å². The van der Waals surface area contributed by atoms with Crippen LogP contribution in [0.5, 0.6) is 0 Å². The number of unbranched alkanes of at least 4 members (excludes halogenated alkanes) is 9.